The third-order valence-corrected chi connectivity index (χ3v) is 3.28. The van der Waals surface area contributed by atoms with E-state index >= 15 is 0 Å². The molecule has 2 heterocycles. The lowest BCUT2D eigenvalue weighted by atomic mass is 10.1. The normalized spacial score (nSPS) is 22.3. The lowest BCUT2D eigenvalue weighted by Gasteiger charge is -2.25. The highest BCUT2D eigenvalue weighted by Gasteiger charge is 2.21. The summed E-state index contributed by atoms with van der Waals surface area (Å²) in [4.78, 5) is 0. The van der Waals surface area contributed by atoms with Crippen molar-refractivity contribution in [1.29, 1.82) is 0 Å². The van der Waals surface area contributed by atoms with Gasteiger partial charge in [0.2, 0.25) is 0 Å². The molecule has 1 unspecified atom stereocenters. The Labute approximate surface area is 104 Å². The Morgan fingerprint density at radius 2 is 2.33 bits per heavy atom. The van der Waals surface area contributed by atoms with Crippen LogP contribution in [0.3, 0.4) is 0 Å². The van der Waals surface area contributed by atoms with Crippen LogP contribution in [-0.4, -0.2) is 16.4 Å². The molecule has 0 aliphatic carbocycles. The molecule has 0 spiro atoms. The van der Waals surface area contributed by atoms with Crippen molar-refractivity contribution >= 4 is 22.6 Å². The van der Waals surface area contributed by atoms with E-state index in [2.05, 4.69) is 52.3 Å². The van der Waals surface area contributed by atoms with E-state index in [1.165, 1.54) is 18.5 Å². The van der Waals surface area contributed by atoms with Gasteiger partial charge in [0.1, 0.15) is 3.70 Å². The predicted molar refractivity (Wildman–Crippen MR) is 67.9 cm³/mol. The van der Waals surface area contributed by atoms with Gasteiger partial charge in [0.05, 0.1) is 0 Å². The highest BCUT2D eigenvalue weighted by atomic mass is 127. The molecule has 1 aliphatic heterocycles. The van der Waals surface area contributed by atoms with Gasteiger partial charge in [0.25, 0.3) is 0 Å². The fourth-order valence-corrected chi connectivity index (χ4v) is 2.51. The molecule has 15 heavy (non-hydrogen) atoms. The summed E-state index contributed by atoms with van der Waals surface area (Å²) in [6, 6.07) is 2.16. The summed E-state index contributed by atoms with van der Waals surface area (Å²) in [6.45, 7) is 5.28. The van der Waals surface area contributed by atoms with Gasteiger partial charge in [0, 0.05) is 12.3 Å². The van der Waals surface area contributed by atoms with E-state index in [1.54, 1.807) is 0 Å². The molecule has 0 bridgehead atoms. The van der Waals surface area contributed by atoms with Gasteiger partial charge in [-0.3, -0.25) is 0 Å². The first-order valence-electron chi connectivity index (χ1n) is 5.55. The van der Waals surface area contributed by atoms with Gasteiger partial charge >= 0.3 is 0 Å². The fraction of sp³-hybridized carbons (Fsp3) is 0.727. The first-order chi connectivity index (χ1) is 7.18. The average Bonchev–Trinajstić information content (AvgIpc) is 2.62. The summed E-state index contributed by atoms with van der Waals surface area (Å²) in [7, 11) is 0. The second-order valence-corrected chi connectivity index (χ2v) is 5.42. The first kappa shape index (κ1) is 11.4. The van der Waals surface area contributed by atoms with Gasteiger partial charge in [-0.05, 0) is 53.8 Å². The Kier molecular flexibility index (Phi) is 3.66. The topological polar surface area (TPSA) is 27.1 Å². The number of hydrogen-bond donors (Lipinski definition) is 0. The first-order valence-corrected chi connectivity index (χ1v) is 6.63. The van der Waals surface area contributed by atoms with Crippen molar-refractivity contribution in [2.24, 2.45) is 0 Å². The Morgan fingerprint density at radius 3 is 2.93 bits per heavy atom. The lowest BCUT2D eigenvalue weighted by Crippen LogP contribution is -2.21. The largest absolute Gasteiger partial charge is 0.357 e. The van der Waals surface area contributed by atoms with Crippen molar-refractivity contribution in [3.8, 4) is 0 Å². The van der Waals surface area contributed by atoms with Crippen LogP contribution in [0, 0.1) is 3.70 Å². The van der Waals surface area contributed by atoms with Gasteiger partial charge in [0.15, 0.2) is 6.23 Å². The summed E-state index contributed by atoms with van der Waals surface area (Å²) >= 11 is 2.27. The van der Waals surface area contributed by atoms with Crippen LogP contribution in [0.2, 0.25) is 0 Å². The van der Waals surface area contributed by atoms with Crippen LogP contribution >= 0.6 is 22.6 Å². The number of nitrogens with zero attached hydrogens (tertiary/aromatic N) is 2. The molecule has 0 aromatic carbocycles. The van der Waals surface area contributed by atoms with E-state index in [9.17, 15) is 0 Å². The van der Waals surface area contributed by atoms with Crippen LogP contribution in [0.1, 0.15) is 50.9 Å². The van der Waals surface area contributed by atoms with Crippen LogP contribution in [0.15, 0.2) is 6.07 Å². The van der Waals surface area contributed by atoms with Gasteiger partial charge < -0.3 is 4.74 Å². The number of rotatable bonds is 2. The van der Waals surface area contributed by atoms with Crippen molar-refractivity contribution in [2.75, 3.05) is 6.61 Å². The molecule has 0 saturated carbocycles. The SMILES string of the molecule is CC(C)c1cc(I)nn1C1CCCCO1. The third-order valence-electron chi connectivity index (χ3n) is 2.75. The molecular weight excluding hydrogens is 303 g/mol. The molecule has 0 N–H and O–H groups in total. The van der Waals surface area contributed by atoms with Gasteiger partial charge in [-0.15, -0.1) is 0 Å². The zero-order valence-electron chi connectivity index (χ0n) is 9.24. The predicted octanol–water partition coefficient (Wildman–Crippen LogP) is 3.31. The maximum absolute atomic E-state index is 5.77. The van der Waals surface area contributed by atoms with Crippen molar-refractivity contribution in [1.82, 2.24) is 9.78 Å². The molecule has 1 aromatic rings. The molecule has 1 fully saturated rings. The molecule has 0 amide bonds. The van der Waals surface area contributed by atoms with Crippen molar-refractivity contribution in [3.05, 3.63) is 15.5 Å². The zero-order valence-corrected chi connectivity index (χ0v) is 11.4. The Hall–Kier alpha value is -0.100. The van der Waals surface area contributed by atoms with Crippen molar-refractivity contribution < 1.29 is 4.74 Å². The van der Waals surface area contributed by atoms with Crippen molar-refractivity contribution in [3.63, 3.8) is 0 Å². The Bertz CT molecular complexity index is 329. The lowest BCUT2D eigenvalue weighted by molar-refractivity contribution is -0.0416. The molecule has 3 nitrogen and oxygen atoms in total. The molecule has 1 saturated heterocycles. The molecule has 2 rings (SSSR count). The molecule has 1 aromatic heterocycles. The van der Waals surface area contributed by atoms with E-state index in [0.29, 0.717) is 5.92 Å². The third kappa shape index (κ3) is 2.53. The Balaban J connectivity index is 2.25. The van der Waals surface area contributed by atoms with E-state index in [-0.39, 0.29) is 6.23 Å². The van der Waals surface area contributed by atoms with E-state index in [0.717, 1.165) is 16.7 Å². The molecule has 1 atom stereocenters. The summed E-state index contributed by atoms with van der Waals surface area (Å²) in [5.74, 6) is 0.506. The van der Waals surface area contributed by atoms with Crippen LogP contribution in [0.4, 0.5) is 0 Å². The van der Waals surface area contributed by atoms with E-state index in [4.69, 9.17) is 4.74 Å². The van der Waals surface area contributed by atoms with Crippen LogP contribution in [-0.2, 0) is 4.74 Å². The smallest absolute Gasteiger partial charge is 0.150 e. The molecular formula is C11H17IN2O. The molecule has 4 heteroatoms. The van der Waals surface area contributed by atoms with Gasteiger partial charge in [-0.1, -0.05) is 13.8 Å². The monoisotopic (exact) mass is 320 g/mol. The summed E-state index contributed by atoms with van der Waals surface area (Å²) in [5.41, 5.74) is 1.28. The number of aromatic nitrogens is 2. The standard InChI is InChI=1S/C11H17IN2O/c1-8(2)9-7-10(12)13-14(9)11-5-3-4-6-15-11/h7-8,11H,3-6H2,1-2H3. The summed E-state index contributed by atoms with van der Waals surface area (Å²) in [5, 5.41) is 4.53. The highest BCUT2D eigenvalue weighted by molar-refractivity contribution is 14.1. The minimum atomic E-state index is 0.166. The minimum absolute atomic E-state index is 0.166. The maximum Gasteiger partial charge on any atom is 0.150 e. The van der Waals surface area contributed by atoms with E-state index < -0.39 is 0 Å². The second-order valence-electron chi connectivity index (χ2n) is 4.31. The zero-order chi connectivity index (χ0) is 10.8. The molecule has 1 aliphatic rings. The maximum atomic E-state index is 5.77. The molecule has 0 radical (unpaired) electrons. The average molecular weight is 320 g/mol. The van der Waals surface area contributed by atoms with Crippen LogP contribution in [0.5, 0.6) is 0 Å². The number of halogens is 1. The van der Waals surface area contributed by atoms with E-state index in [1.807, 2.05) is 0 Å². The fourth-order valence-electron chi connectivity index (χ4n) is 1.96. The number of ether oxygens (including phenoxy) is 1. The highest BCUT2D eigenvalue weighted by Crippen LogP contribution is 2.27. The van der Waals surface area contributed by atoms with Crippen molar-refractivity contribution in [2.45, 2.75) is 45.3 Å². The van der Waals surface area contributed by atoms with Crippen LogP contribution < -0.4 is 0 Å². The quantitative estimate of drug-likeness (QED) is 0.782. The van der Waals surface area contributed by atoms with Gasteiger partial charge in [-0.25, -0.2) is 4.68 Å². The molecule has 84 valence electrons. The Morgan fingerprint density at radius 1 is 1.53 bits per heavy atom. The summed E-state index contributed by atoms with van der Waals surface area (Å²) < 4.78 is 8.90. The second kappa shape index (κ2) is 4.82. The van der Waals surface area contributed by atoms with Gasteiger partial charge in [-0.2, -0.15) is 5.10 Å². The van der Waals surface area contributed by atoms with Crippen LogP contribution in [0.25, 0.3) is 0 Å². The summed E-state index contributed by atoms with van der Waals surface area (Å²) in [6.07, 6.45) is 3.70. The number of hydrogen-bond acceptors (Lipinski definition) is 2. The minimum Gasteiger partial charge on any atom is -0.357 e.